The van der Waals surface area contributed by atoms with E-state index in [1.54, 1.807) is 24.3 Å². The number of carbonyl (C=O) groups is 2. The molecule has 4 nitrogen and oxygen atoms in total. The van der Waals surface area contributed by atoms with Gasteiger partial charge in [-0.25, -0.2) is 0 Å². The molecule has 1 heterocycles. The van der Waals surface area contributed by atoms with E-state index in [2.05, 4.69) is 0 Å². The van der Waals surface area contributed by atoms with Crippen LogP contribution in [0.1, 0.15) is 32.0 Å². The van der Waals surface area contributed by atoms with Crippen molar-refractivity contribution in [3.05, 3.63) is 80.2 Å². The molecular formula is C17H7ClO4. The van der Waals surface area contributed by atoms with Crippen LogP contribution in [-0.2, 0) is 0 Å². The molecule has 0 aliphatic heterocycles. The molecule has 0 amide bonds. The molecule has 0 radical (unpaired) electrons. The van der Waals surface area contributed by atoms with Gasteiger partial charge in [-0.2, -0.15) is 0 Å². The number of fused-ring (bicyclic) bond motifs is 3. The van der Waals surface area contributed by atoms with Crippen LogP contribution in [0, 0.1) is 0 Å². The molecule has 0 saturated heterocycles. The van der Waals surface area contributed by atoms with E-state index in [9.17, 15) is 14.4 Å². The number of halogens is 1. The summed E-state index contributed by atoms with van der Waals surface area (Å²) in [6.45, 7) is 0. The van der Waals surface area contributed by atoms with E-state index in [0.717, 1.165) is 0 Å². The highest BCUT2D eigenvalue weighted by molar-refractivity contribution is 6.31. The lowest BCUT2D eigenvalue weighted by Gasteiger charge is -2.16. The van der Waals surface area contributed by atoms with Crippen LogP contribution < -0.4 is 5.43 Å². The van der Waals surface area contributed by atoms with Crippen LogP contribution >= 0.6 is 11.6 Å². The van der Waals surface area contributed by atoms with Gasteiger partial charge >= 0.3 is 0 Å². The zero-order valence-corrected chi connectivity index (χ0v) is 11.8. The SMILES string of the molecule is O=C1c2ccccc2C(=O)c2c1oc1ccc(Cl)cc1c2=O. The summed E-state index contributed by atoms with van der Waals surface area (Å²) in [6.07, 6.45) is 0. The third-order valence-corrected chi connectivity index (χ3v) is 3.94. The predicted octanol–water partition coefficient (Wildman–Crippen LogP) is 3.22. The van der Waals surface area contributed by atoms with Crippen LogP contribution in [0.15, 0.2) is 51.7 Å². The molecule has 1 aliphatic carbocycles. The van der Waals surface area contributed by atoms with Gasteiger partial charge in [-0.3, -0.25) is 14.4 Å². The Kier molecular flexibility index (Phi) is 2.59. The molecule has 3 aromatic rings. The number of ketones is 2. The van der Waals surface area contributed by atoms with Crippen molar-refractivity contribution in [1.29, 1.82) is 0 Å². The molecule has 0 unspecified atom stereocenters. The van der Waals surface area contributed by atoms with Crippen molar-refractivity contribution in [3.8, 4) is 0 Å². The van der Waals surface area contributed by atoms with Crippen LogP contribution in [0.4, 0.5) is 0 Å². The summed E-state index contributed by atoms with van der Waals surface area (Å²) in [5.74, 6) is -1.16. The molecular weight excluding hydrogens is 304 g/mol. The monoisotopic (exact) mass is 310 g/mol. The second kappa shape index (κ2) is 4.39. The molecule has 0 saturated carbocycles. The number of rotatable bonds is 0. The molecule has 0 atom stereocenters. The molecule has 22 heavy (non-hydrogen) atoms. The van der Waals surface area contributed by atoms with Crippen molar-refractivity contribution in [3.63, 3.8) is 0 Å². The normalized spacial score (nSPS) is 13.1. The van der Waals surface area contributed by atoms with Crippen LogP contribution in [-0.4, -0.2) is 11.6 Å². The average Bonchev–Trinajstić information content (AvgIpc) is 2.53. The molecule has 1 aromatic heterocycles. The molecule has 0 N–H and O–H groups in total. The van der Waals surface area contributed by atoms with E-state index in [4.69, 9.17) is 16.0 Å². The van der Waals surface area contributed by atoms with Crippen molar-refractivity contribution in [2.75, 3.05) is 0 Å². The Morgan fingerprint density at radius 2 is 1.55 bits per heavy atom. The van der Waals surface area contributed by atoms with Crippen molar-refractivity contribution in [1.82, 2.24) is 0 Å². The summed E-state index contributed by atoms with van der Waals surface area (Å²) >= 11 is 5.89. The summed E-state index contributed by atoms with van der Waals surface area (Å²) in [5.41, 5.74) is -0.0658. The standard InChI is InChI=1S/C17H7ClO4/c18-8-5-6-12-11(7-8)15(20)13-14(19)9-3-1-2-4-10(9)16(21)17(13)22-12/h1-7H. The summed E-state index contributed by atoms with van der Waals surface area (Å²) in [7, 11) is 0. The van der Waals surface area contributed by atoms with E-state index in [0.29, 0.717) is 5.02 Å². The third kappa shape index (κ3) is 1.61. The largest absolute Gasteiger partial charge is 0.452 e. The molecule has 106 valence electrons. The maximum absolute atomic E-state index is 12.6. The Balaban J connectivity index is 2.15. The number of carbonyl (C=O) groups excluding carboxylic acids is 2. The molecule has 0 spiro atoms. The Bertz CT molecular complexity index is 1050. The lowest BCUT2D eigenvalue weighted by Crippen LogP contribution is -2.28. The lowest BCUT2D eigenvalue weighted by atomic mass is 9.87. The fraction of sp³-hybridized carbons (Fsp3) is 0. The van der Waals surface area contributed by atoms with Gasteiger partial charge in [0.1, 0.15) is 11.1 Å². The quantitative estimate of drug-likeness (QED) is 0.500. The Hall–Kier alpha value is -2.72. The minimum absolute atomic E-state index is 0.187. The number of hydrogen-bond donors (Lipinski definition) is 0. The van der Waals surface area contributed by atoms with Crippen LogP contribution in [0.3, 0.4) is 0 Å². The van der Waals surface area contributed by atoms with Gasteiger partial charge in [0, 0.05) is 16.1 Å². The van der Waals surface area contributed by atoms with E-state index < -0.39 is 17.0 Å². The highest BCUT2D eigenvalue weighted by atomic mass is 35.5. The fourth-order valence-electron chi connectivity index (χ4n) is 2.67. The summed E-state index contributed by atoms with van der Waals surface area (Å²) in [4.78, 5) is 37.7. The van der Waals surface area contributed by atoms with Gasteiger partial charge in [-0.05, 0) is 18.2 Å². The van der Waals surface area contributed by atoms with Gasteiger partial charge in [-0.1, -0.05) is 35.9 Å². The third-order valence-electron chi connectivity index (χ3n) is 3.70. The number of hydrogen-bond acceptors (Lipinski definition) is 4. The fourth-order valence-corrected chi connectivity index (χ4v) is 2.84. The van der Waals surface area contributed by atoms with E-state index in [1.807, 2.05) is 0 Å². The first-order chi connectivity index (χ1) is 10.6. The molecule has 0 fully saturated rings. The Morgan fingerprint density at radius 1 is 0.864 bits per heavy atom. The van der Waals surface area contributed by atoms with Gasteiger partial charge in [0.25, 0.3) is 0 Å². The second-order valence-electron chi connectivity index (χ2n) is 4.98. The first-order valence-electron chi connectivity index (χ1n) is 6.52. The molecule has 4 rings (SSSR count). The number of benzene rings is 2. The van der Waals surface area contributed by atoms with Gasteiger partial charge in [0.05, 0.1) is 5.39 Å². The molecule has 5 heteroatoms. The van der Waals surface area contributed by atoms with Gasteiger partial charge in [0.15, 0.2) is 5.76 Å². The van der Waals surface area contributed by atoms with Crippen molar-refractivity contribution in [2.45, 2.75) is 0 Å². The van der Waals surface area contributed by atoms with Gasteiger partial charge in [0.2, 0.25) is 17.0 Å². The predicted molar refractivity (Wildman–Crippen MR) is 80.8 cm³/mol. The van der Waals surface area contributed by atoms with Gasteiger partial charge < -0.3 is 4.42 Å². The molecule has 2 aromatic carbocycles. The highest BCUT2D eigenvalue weighted by Crippen LogP contribution is 2.28. The maximum atomic E-state index is 12.6. The van der Waals surface area contributed by atoms with E-state index in [-0.39, 0.29) is 33.4 Å². The Labute approximate surface area is 128 Å². The second-order valence-corrected chi connectivity index (χ2v) is 5.42. The first-order valence-corrected chi connectivity index (χ1v) is 6.90. The van der Waals surface area contributed by atoms with Gasteiger partial charge in [-0.15, -0.1) is 0 Å². The average molecular weight is 311 g/mol. The Morgan fingerprint density at radius 3 is 2.27 bits per heavy atom. The van der Waals surface area contributed by atoms with Crippen LogP contribution in [0.5, 0.6) is 0 Å². The molecule has 1 aliphatic rings. The maximum Gasteiger partial charge on any atom is 0.229 e. The lowest BCUT2D eigenvalue weighted by molar-refractivity contribution is 0.0957. The zero-order valence-electron chi connectivity index (χ0n) is 11.1. The summed E-state index contributed by atoms with van der Waals surface area (Å²) in [5, 5.41) is 0.543. The minimum Gasteiger partial charge on any atom is -0.452 e. The van der Waals surface area contributed by atoms with Crippen LogP contribution in [0.2, 0.25) is 5.02 Å². The van der Waals surface area contributed by atoms with Crippen molar-refractivity contribution >= 4 is 34.1 Å². The first kappa shape index (κ1) is 13.0. The summed E-state index contributed by atoms with van der Waals surface area (Å²) < 4.78 is 5.53. The minimum atomic E-state index is -0.536. The molecule has 0 bridgehead atoms. The topological polar surface area (TPSA) is 64.3 Å². The van der Waals surface area contributed by atoms with Crippen molar-refractivity contribution in [2.24, 2.45) is 0 Å². The highest BCUT2D eigenvalue weighted by Gasteiger charge is 2.34. The van der Waals surface area contributed by atoms with Crippen molar-refractivity contribution < 1.29 is 14.0 Å². The summed E-state index contributed by atoms with van der Waals surface area (Å²) in [6, 6.07) is 10.9. The van der Waals surface area contributed by atoms with Crippen LogP contribution in [0.25, 0.3) is 11.0 Å². The zero-order chi connectivity index (χ0) is 15.4. The van der Waals surface area contributed by atoms with E-state index in [1.165, 1.54) is 18.2 Å². The van der Waals surface area contributed by atoms with E-state index >= 15 is 0 Å². The smallest absolute Gasteiger partial charge is 0.229 e.